The van der Waals surface area contributed by atoms with Crippen LogP contribution in [0.4, 0.5) is 5.69 Å². The summed E-state index contributed by atoms with van der Waals surface area (Å²) in [6.45, 7) is 1.89. The van der Waals surface area contributed by atoms with Crippen molar-refractivity contribution in [1.82, 2.24) is 14.8 Å². The molecule has 0 bridgehead atoms. The molecule has 3 N–H and O–H groups in total. The molecule has 0 saturated heterocycles. The fourth-order valence-corrected chi connectivity index (χ4v) is 2.45. The van der Waals surface area contributed by atoms with Gasteiger partial charge in [-0.1, -0.05) is 23.9 Å². The topological polar surface area (TPSA) is 77.0 Å². The van der Waals surface area contributed by atoms with E-state index in [2.05, 4.69) is 10.2 Å². The number of benzene rings is 1. The Hall–Kier alpha value is -1.53. The molecule has 18 heavy (non-hydrogen) atoms. The summed E-state index contributed by atoms with van der Waals surface area (Å²) >= 11 is 1.48. The van der Waals surface area contributed by atoms with E-state index < -0.39 is 6.10 Å². The minimum Gasteiger partial charge on any atom is -0.399 e. The lowest BCUT2D eigenvalue weighted by atomic mass is 10.1. The first-order valence-corrected chi connectivity index (χ1v) is 6.59. The molecular formula is C12H16N4OS. The van der Waals surface area contributed by atoms with Crippen molar-refractivity contribution < 1.29 is 5.11 Å². The van der Waals surface area contributed by atoms with Crippen LogP contribution in [0, 0.1) is 6.92 Å². The van der Waals surface area contributed by atoms with Gasteiger partial charge in [0.1, 0.15) is 5.82 Å². The zero-order valence-electron chi connectivity index (χ0n) is 10.4. The van der Waals surface area contributed by atoms with E-state index in [1.165, 1.54) is 11.8 Å². The minimum atomic E-state index is -0.560. The lowest BCUT2D eigenvalue weighted by Crippen LogP contribution is -2.03. The van der Waals surface area contributed by atoms with Crippen molar-refractivity contribution in [2.45, 2.75) is 18.2 Å². The standard InChI is InChI=1S/C12H16N4OS/c1-8-14-15-12(16(8)2)18-7-11(17)9-4-3-5-10(13)6-9/h3-6,11,17H,7,13H2,1-2H3. The first-order chi connectivity index (χ1) is 8.58. The van der Waals surface area contributed by atoms with Gasteiger partial charge in [0.15, 0.2) is 5.16 Å². The Bertz CT molecular complexity index is 541. The average Bonchev–Trinajstić information content (AvgIpc) is 2.67. The number of aliphatic hydroxyl groups excluding tert-OH is 1. The maximum atomic E-state index is 10.1. The number of nitrogens with two attached hydrogens (primary N) is 1. The van der Waals surface area contributed by atoms with Gasteiger partial charge in [0.2, 0.25) is 0 Å². The number of aromatic nitrogens is 3. The smallest absolute Gasteiger partial charge is 0.191 e. The number of hydrogen-bond donors (Lipinski definition) is 2. The second-order valence-corrected chi connectivity index (χ2v) is 5.07. The van der Waals surface area contributed by atoms with Gasteiger partial charge < -0.3 is 15.4 Å². The Morgan fingerprint density at radius 1 is 1.44 bits per heavy atom. The van der Waals surface area contributed by atoms with Crippen LogP contribution in [-0.2, 0) is 7.05 Å². The molecule has 96 valence electrons. The molecule has 0 aliphatic carbocycles. The molecule has 0 fully saturated rings. The van der Waals surface area contributed by atoms with Crippen LogP contribution < -0.4 is 5.73 Å². The third kappa shape index (κ3) is 2.83. The van der Waals surface area contributed by atoms with Gasteiger partial charge in [-0.3, -0.25) is 0 Å². The van der Waals surface area contributed by atoms with Gasteiger partial charge >= 0.3 is 0 Å². The summed E-state index contributed by atoms with van der Waals surface area (Å²) in [5.41, 5.74) is 7.17. The lowest BCUT2D eigenvalue weighted by Gasteiger charge is -2.10. The van der Waals surface area contributed by atoms with E-state index in [1.807, 2.05) is 30.7 Å². The highest BCUT2D eigenvalue weighted by Gasteiger charge is 2.11. The Kier molecular flexibility index (Phi) is 3.88. The molecule has 1 aromatic heterocycles. The summed E-state index contributed by atoms with van der Waals surface area (Å²) in [4.78, 5) is 0. The summed E-state index contributed by atoms with van der Waals surface area (Å²) in [5, 5.41) is 18.9. The molecule has 1 heterocycles. The van der Waals surface area contributed by atoms with E-state index in [-0.39, 0.29) is 0 Å². The Labute approximate surface area is 110 Å². The van der Waals surface area contributed by atoms with E-state index in [4.69, 9.17) is 5.73 Å². The highest BCUT2D eigenvalue weighted by atomic mass is 32.2. The highest BCUT2D eigenvalue weighted by molar-refractivity contribution is 7.99. The number of nitrogens with zero attached hydrogens (tertiary/aromatic N) is 3. The van der Waals surface area contributed by atoms with E-state index in [0.29, 0.717) is 11.4 Å². The summed E-state index contributed by atoms with van der Waals surface area (Å²) in [5.74, 6) is 1.38. The number of thioether (sulfide) groups is 1. The van der Waals surface area contributed by atoms with Crippen molar-refractivity contribution in [2.24, 2.45) is 7.05 Å². The van der Waals surface area contributed by atoms with Gasteiger partial charge in [0, 0.05) is 18.5 Å². The molecular weight excluding hydrogens is 248 g/mol. The summed E-state index contributed by atoms with van der Waals surface area (Å²) in [6, 6.07) is 7.29. The van der Waals surface area contributed by atoms with Gasteiger partial charge in [-0.15, -0.1) is 10.2 Å². The Morgan fingerprint density at radius 2 is 2.22 bits per heavy atom. The van der Waals surface area contributed by atoms with Crippen LogP contribution in [0.1, 0.15) is 17.5 Å². The van der Waals surface area contributed by atoms with Crippen molar-refractivity contribution in [3.63, 3.8) is 0 Å². The summed E-state index contributed by atoms with van der Waals surface area (Å²) < 4.78 is 1.90. The second kappa shape index (κ2) is 5.41. The molecule has 1 atom stereocenters. The van der Waals surface area contributed by atoms with Gasteiger partial charge in [0.25, 0.3) is 0 Å². The molecule has 0 aliphatic heterocycles. The Morgan fingerprint density at radius 3 is 2.83 bits per heavy atom. The molecule has 0 aliphatic rings. The van der Waals surface area contributed by atoms with Crippen molar-refractivity contribution in [2.75, 3.05) is 11.5 Å². The van der Waals surface area contributed by atoms with Crippen LogP contribution >= 0.6 is 11.8 Å². The number of aliphatic hydroxyl groups is 1. The summed E-state index contributed by atoms with van der Waals surface area (Å²) in [7, 11) is 1.91. The zero-order chi connectivity index (χ0) is 13.1. The molecule has 0 radical (unpaired) electrons. The Balaban J connectivity index is 2.00. The van der Waals surface area contributed by atoms with Crippen molar-refractivity contribution in [1.29, 1.82) is 0 Å². The number of aryl methyl sites for hydroxylation is 1. The van der Waals surface area contributed by atoms with Crippen LogP contribution in [0.25, 0.3) is 0 Å². The van der Waals surface area contributed by atoms with Gasteiger partial charge in [-0.2, -0.15) is 0 Å². The molecule has 0 saturated carbocycles. The van der Waals surface area contributed by atoms with Crippen LogP contribution in [0.3, 0.4) is 0 Å². The maximum absolute atomic E-state index is 10.1. The van der Waals surface area contributed by atoms with Crippen molar-refractivity contribution in [3.8, 4) is 0 Å². The third-order valence-corrected chi connectivity index (χ3v) is 3.81. The van der Waals surface area contributed by atoms with Gasteiger partial charge in [0.05, 0.1) is 6.10 Å². The number of anilines is 1. The van der Waals surface area contributed by atoms with Crippen LogP contribution in [0.15, 0.2) is 29.4 Å². The second-order valence-electron chi connectivity index (χ2n) is 4.09. The van der Waals surface area contributed by atoms with E-state index in [9.17, 15) is 5.11 Å². The molecule has 2 aromatic rings. The molecule has 2 rings (SSSR count). The predicted molar refractivity (Wildman–Crippen MR) is 72.3 cm³/mol. The van der Waals surface area contributed by atoms with E-state index in [0.717, 1.165) is 16.5 Å². The molecule has 1 unspecified atom stereocenters. The highest BCUT2D eigenvalue weighted by Crippen LogP contribution is 2.24. The quantitative estimate of drug-likeness (QED) is 0.647. The van der Waals surface area contributed by atoms with Gasteiger partial charge in [-0.25, -0.2) is 0 Å². The van der Waals surface area contributed by atoms with Gasteiger partial charge in [-0.05, 0) is 24.6 Å². The third-order valence-electron chi connectivity index (χ3n) is 2.72. The largest absolute Gasteiger partial charge is 0.399 e. The van der Waals surface area contributed by atoms with E-state index in [1.54, 1.807) is 12.1 Å². The van der Waals surface area contributed by atoms with Crippen molar-refractivity contribution in [3.05, 3.63) is 35.7 Å². The average molecular weight is 264 g/mol. The number of rotatable bonds is 4. The SMILES string of the molecule is Cc1nnc(SCC(O)c2cccc(N)c2)n1C. The van der Waals surface area contributed by atoms with Crippen LogP contribution in [0.2, 0.25) is 0 Å². The lowest BCUT2D eigenvalue weighted by molar-refractivity contribution is 0.204. The normalized spacial score (nSPS) is 12.6. The molecule has 5 nitrogen and oxygen atoms in total. The number of hydrogen-bond acceptors (Lipinski definition) is 5. The molecule has 0 spiro atoms. The molecule has 1 aromatic carbocycles. The number of nitrogen functional groups attached to an aromatic ring is 1. The van der Waals surface area contributed by atoms with E-state index >= 15 is 0 Å². The molecule has 6 heteroatoms. The predicted octanol–water partition coefficient (Wildman–Crippen LogP) is 1.53. The van der Waals surface area contributed by atoms with Crippen LogP contribution in [0.5, 0.6) is 0 Å². The van der Waals surface area contributed by atoms with Crippen molar-refractivity contribution >= 4 is 17.4 Å². The fourth-order valence-electron chi connectivity index (χ4n) is 1.53. The first kappa shape index (κ1) is 12.9. The minimum absolute atomic E-state index is 0.523. The fraction of sp³-hybridized carbons (Fsp3) is 0.333. The molecule has 0 amide bonds. The monoisotopic (exact) mass is 264 g/mol. The maximum Gasteiger partial charge on any atom is 0.191 e. The zero-order valence-corrected chi connectivity index (χ0v) is 11.2. The first-order valence-electron chi connectivity index (χ1n) is 5.60. The summed E-state index contributed by atoms with van der Waals surface area (Å²) in [6.07, 6.45) is -0.560. The van der Waals surface area contributed by atoms with Crippen LogP contribution in [-0.4, -0.2) is 25.6 Å².